The number of hydrogen-bond acceptors (Lipinski definition) is 7. The molecule has 152 valence electrons. The number of carbonyl (C=O) groups is 1. The first kappa shape index (κ1) is 20.4. The van der Waals surface area contributed by atoms with E-state index in [1.165, 1.54) is 0 Å². The molecule has 0 saturated carbocycles. The Hall–Kier alpha value is -2.29. The summed E-state index contributed by atoms with van der Waals surface area (Å²) in [6.45, 7) is 9.48. The summed E-state index contributed by atoms with van der Waals surface area (Å²) in [4.78, 5) is 21.4. The van der Waals surface area contributed by atoms with Gasteiger partial charge in [-0.25, -0.2) is 0 Å². The molecule has 3 rings (SSSR count). The lowest BCUT2D eigenvalue weighted by atomic mass is 9.91. The van der Waals surface area contributed by atoms with Crippen LogP contribution in [0.1, 0.15) is 44.2 Å². The van der Waals surface area contributed by atoms with E-state index >= 15 is 0 Å². The van der Waals surface area contributed by atoms with Crippen molar-refractivity contribution < 1.29 is 14.1 Å². The van der Waals surface area contributed by atoms with Gasteiger partial charge in [-0.1, -0.05) is 35.5 Å². The molecule has 0 bridgehead atoms. The Morgan fingerprint density at radius 2 is 1.96 bits per heavy atom. The van der Waals surface area contributed by atoms with Crippen LogP contribution in [0.25, 0.3) is 0 Å². The van der Waals surface area contributed by atoms with Gasteiger partial charge < -0.3 is 19.9 Å². The van der Waals surface area contributed by atoms with Crippen LogP contribution in [0.3, 0.4) is 0 Å². The highest BCUT2D eigenvalue weighted by molar-refractivity contribution is 5.87. The van der Waals surface area contributed by atoms with Crippen molar-refractivity contribution in [3.05, 3.63) is 47.6 Å². The standard InChI is InChI=1S/C20H29N5O3/c1-4-27-15(2)18-22-17(28-23-18)14-24-10-12-25(13-11-24)19(26)20(3,21)16-8-6-5-7-9-16/h5-9,15H,4,10-14,21H2,1-3H3. The largest absolute Gasteiger partial charge is 0.371 e. The topological polar surface area (TPSA) is 97.7 Å². The summed E-state index contributed by atoms with van der Waals surface area (Å²) in [6.07, 6.45) is -0.183. The van der Waals surface area contributed by atoms with E-state index in [1.54, 1.807) is 6.92 Å². The minimum atomic E-state index is -1.03. The molecule has 1 saturated heterocycles. The summed E-state index contributed by atoms with van der Waals surface area (Å²) < 4.78 is 10.8. The minimum Gasteiger partial charge on any atom is -0.371 e. The molecule has 1 aliphatic heterocycles. The van der Waals surface area contributed by atoms with Crippen molar-refractivity contribution in [2.45, 2.75) is 39.0 Å². The van der Waals surface area contributed by atoms with Gasteiger partial charge in [-0.2, -0.15) is 4.98 Å². The van der Waals surface area contributed by atoms with Gasteiger partial charge in [0.05, 0.1) is 6.54 Å². The van der Waals surface area contributed by atoms with Crippen LogP contribution in [0.5, 0.6) is 0 Å². The lowest BCUT2D eigenvalue weighted by Crippen LogP contribution is -2.56. The molecule has 1 aliphatic rings. The van der Waals surface area contributed by atoms with Gasteiger partial charge in [0.2, 0.25) is 11.8 Å². The molecule has 8 heteroatoms. The Kier molecular flexibility index (Phi) is 6.43. The number of amides is 1. The van der Waals surface area contributed by atoms with Crippen molar-refractivity contribution in [3.63, 3.8) is 0 Å². The highest BCUT2D eigenvalue weighted by atomic mass is 16.5. The minimum absolute atomic E-state index is 0.0519. The molecular formula is C20H29N5O3. The smallest absolute Gasteiger partial charge is 0.247 e. The van der Waals surface area contributed by atoms with E-state index < -0.39 is 5.54 Å². The Morgan fingerprint density at radius 3 is 2.61 bits per heavy atom. The van der Waals surface area contributed by atoms with Gasteiger partial charge in [-0.15, -0.1) is 0 Å². The molecule has 1 amide bonds. The molecule has 0 spiro atoms. The van der Waals surface area contributed by atoms with Crippen LogP contribution in [0, 0.1) is 0 Å². The van der Waals surface area contributed by atoms with Gasteiger partial charge in [0, 0.05) is 32.8 Å². The number of benzene rings is 1. The number of nitrogens with two attached hydrogens (primary N) is 1. The molecule has 2 unspecified atom stereocenters. The van der Waals surface area contributed by atoms with Crippen LogP contribution < -0.4 is 5.73 Å². The summed E-state index contributed by atoms with van der Waals surface area (Å²) in [5.41, 5.74) is 6.17. The molecule has 1 aromatic carbocycles. The predicted molar refractivity (Wildman–Crippen MR) is 104 cm³/mol. The Balaban J connectivity index is 1.54. The number of aromatic nitrogens is 2. The summed E-state index contributed by atoms with van der Waals surface area (Å²) in [5.74, 6) is 1.07. The highest BCUT2D eigenvalue weighted by Gasteiger charge is 2.35. The van der Waals surface area contributed by atoms with Crippen LogP contribution in [0.4, 0.5) is 0 Å². The fraction of sp³-hybridized carbons (Fsp3) is 0.550. The second-order valence-electron chi connectivity index (χ2n) is 7.28. The predicted octanol–water partition coefficient (Wildman–Crippen LogP) is 1.69. The Morgan fingerprint density at radius 1 is 1.29 bits per heavy atom. The van der Waals surface area contributed by atoms with Crippen molar-refractivity contribution >= 4 is 5.91 Å². The van der Waals surface area contributed by atoms with Crippen LogP contribution >= 0.6 is 0 Å². The first-order valence-corrected chi connectivity index (χ1v) is 9.72. The molecule has 2 N–H and O–H groups in total. The van der Waals surface area contributed by atoms with Gasteiger partial charge in [-0.3, -0.25) is 9.69 Å². The zero-order valence-corrected chi connectivity index (χ0v) is 16.8. The molecule has 2 atom stereocenters. The van der Waals surface area contributed by atoms with E-state index in [0.29, 0.717) is 38.0 Å². The van der Waals surface area contributed by atoms with E-state index in [-0.39, 0.29) is 12.0 Å². The SMILES string of the molecule is CCOC(C)c1noc(CN2CCN(C(=O)C(C)(N)c3ccccc3)CC2)n1. The number of carbonyl (C=O) groups excluding carboxylic acids is 1. The molecule has 1 fully saturated rings. The third kappa shape index (κ3) is 4.57. The van der Waals surface area contributed by atoms with Crippen LogP contribution in [-0.2, 0) is 21.6 Å². The van der Waals surface area contributed by atoms with E-state index in [2.05, 4.69) is 15.0 Å². The van der Waals surface area contributed by atoms with Gasteiger partial charge in [0.1, 0.15) is 11.6 Å². The van der Waals surface area contributed by atoms with E-state index in [1.807, 2.05) is 49.1 Å². The second-order valence-corrected chi connectivity index (χ2v) is 7.28. The maximum atomic E-state index is 13.0. The average Bonchev–Trinajstić information content (AvgIpc) is 3.17. The van der Waals surface area contributed by atoms with Crippen LogP contribution in [0.2, 0.25) is 0 Å². The molecule has 0 radical (unpaired) electrons. The first-order chi connectivity index (χ1) is 13.4. The maximum absolute atomic E-state index is 13.0. The zero-order valence-electron chi connectivity index (χ0n) is 16.8. The quantitative estimate of drug-likeness (QED) is 0.772. The number of nitrogens with zero attached hydrogens (tertiary/aromatic N) is 4. The first-order valence-electron chi connectivity index (χ1n) is 9.72. The fourth-order valence-electron chi connectivity index (χ4n) is 3.36. The molecule has 28 heavy (non-hydrogen) atoms. The highest BCUT2D eigenvalue weighted by Crippen LogP contribution is 2.21. The number of hydrogen-bond donors (Lipinski definition) is 1. The summed E-state index contributed by atoms with van der Waals surface area (Å²) in [6, 6.07) is 9.50. The normalized spacial score (nSPS) is 18.6. The molecule has 8 nitrogen and oxygen atoms in total. The summed E-state index contributed by atoms with van der Waals surface area (Å²) in [7, 11) is 0. The lowest BCUT2D eigenvalue weighted by molar-refractivity contribution is -0.138. The van der Waals surface area contributed by atoms with E-state index in [4.69, 9.17) is 15.0 Å². The number of piperazine rings is 1. The van der Waals surface area contributed by atoms with Crippen molar-refractivity contribution in [2.75, 3.05) is 32.8 Å². The van der Waals surface area contributed by atoms with Gasteiger partial charge in [-0.05, 0) is 26.3 Å². The van der Waals surface area contributed by atoms with Crippen molar-refractivity contribution in [3.8, 4) is 0 Å². The van der Waals surface area contributed by atoms with Gasteiger partial charge in [0.25, 0.3) is 0 Å². The molecule has 0 aliphatic carbocycles. The van der Waals surface area contributed by atoms with Crippen molar-refractivity contribution in [1.29, 1.82) is 0 Å². The maximum Gasteiger partial charge on any atom is 0.247 e. The summed E-state index contributed by atoms with van der Waals surface area (Å²) >= 11 is 0. The number of rotatable bonds is 7. The molecule has 1 aromatic heterocycles. The van der Waals surface area contributed by atoms with E-state index in [9.17, 15) is 4.79 Å². The molecule has 2 heterocycles. The van der Waals surface area contributed by atoms with E-state index in [0.717, 1.165) is 18.7 Å². The third-order valence-electron chi connectivity index (χ3n) is 5.10. The molecule has 2 aromatic rings. The Bertz CT molecular complexity index is 769. The molecular weight excluding hydrogens is 358 g/mol. The Labute approximate surface area is 165 Å². The van der Waals surface area contributed by atoms with Crippen LogP contribution in [-0.4, -0.2) is 58.6 Å². The second kappa shape index (κ2) is 8.81. The van der Waals surface area contributed by atoms with Gasteiger partial charge >= 0.3 is 0 Å². The van der Waals surface area contributed by atoms with Crippen molar-refractivity contribution in [1.82, 2.24) is 19.9 Å². The monoisotopic (exact) mass is 387 g/mol. The van der Waals surface area contributed by atoms with Gasteiger partial charge in [0.15, 0.2) is 5.82 Å². The fourth-order valence-corrected chi connectivity index (χ4v) is 3.36. The van der Waals surface area contributed by atoms with Crippen molar-refractivity contribution in [2.24, 2.45) is 5.73 Å². The summed E-state index contributed by atoms with van der Waals surface area (Å²) in [5, 5.41) is 3.99. The zero-order chi connectivity index (χ0) is 20.1. The average molecular weight is 387 g/mol. The third-order valence-corrected chi connectivity index (χ3v) is 5.10. The van der Waals surface area contributed by atoms with Crippen LogP contribution in [0.15, 0.2) is 34.9 Å². The lowest BCUT2D eigenvalue weighted by Gasteiger charge is -2.38. The number of ether oxygens (including phenoxy) is 1.